The summed E-state index contributed by atoms with van der Waals surface area (Å²) in [5.74, 6) is -0.497. The summed E-state index contributed by atoms with van der Waals surface area (Å²) in [6.45, 7) is 2.01. The summed E-state index contributed by atoms with van der Waals surface area (Å²) >= 11 is 0. The van der Waals surface area contributed by atoms with Crippen LogP contribution >= 0.6 is 12.4 Å². The van der Waals surface area contributed by atoms with Gasteiger partial charge in [-0.15, -0.1) is 12.4 Å². The van der Waals surface area contributed by atoms with E-state index in [1.165, 1.54) is 6.26 Å². The van der Waals surface area contributed by atoms with E-state index in [-0.39, 0.29) is 12.4 Å². The lowest BCUT2D eigenvalue weighted by atomic mass is 10.0. The lowest BCUT2D eigenvalue weighted by molar-refractivity contribution is 0.100. The van der Waals surface area contributed by atoms with Gasteiger partial charge in [-0.3, -0.25) is 4.79 Å². The second-order valence-electron chi connectivity index (χ2n) is 6.17. The number of aromatic nitrogens is 2. The zero-order chi connectivity index (χ0) is 17.2. The molecule has 4 N–H and O–H groups in total. The number of pyridine rings is 1. The number of halogens is 1. The number of benzene rings is 1. The Morgan fingerprint density at radius 3 is 2.65 bits per heavy atom. The fourth-order valence-corrected chi connectivity index (χ4v) is 3.22. The molecule has 0 radical (unpaired) electrons. The summed E-state index contributed by atoms with van der Waals surface area (Å²) in [5, 5.41) is 11.7. The van der Waals surface area contributed by atoms with Crippen LogP contribution in [0, 0.1) is 0 Å². The maximum absolute atomic E-state index is 11.8. The lowest BCUT2D eigenvalue weighted by Gasteiger charge is -2.25. The topological polar surface area (TPSA) is 106 Å². The summed E-state index contributed by atoms with van der Waals surface area (Å²) in [6.07, 6.45) is 3.61. The van der Waals surface area contributed by atoms with Crippen molar-refractivity contribution in [1.29, 1.82) is 0 Å². The van der Waals surface area contributed by atoms with Crippen LogP contribution in [0.5, 0.6) is 0 Å². The Hall–Kier alpha value is -2.64. The van der Waals surface area contributed by atoms with Gasteiger partial charge in [-0.2, -0.15) is 0 Å². The van der Waals surface area contributed by atoms with Crippen LogP contribution in [-0.4, -0.2) is 35.2 Å². The minimum atomic E-state index is -0.497. The molecule has 0 aliphatic carbocycles. The summed E-state index contributed by atoms with van der Waals surface area (Å²) in [7, 11) is 0. The van der Waals surface area contributed by atoms with Gasteiger partial charge in [0.05, 0.1) is 16.8 Å². The first-order valence-corrected chi connectivity index (χ1v) is 8.34. The van der Waals surface area contributed by atoms with Gasteiger partial charge in [-0.1, -0.05) is 5.16 Å². The molecule has 26 heavy (non-hydrogen) atoms. The zero-order valence-corrected chi connectivity index (χ0v) is 14.9. The Labute approximate surface area is 156 Å². The molecule has 0 saturated carbocycles. The first-order valence-electron chi connectivity index (χ1n) is 8.34. The van der Waals surface area contributed by atoms with E-state index in [1.807, 2.05) is 18.2 Å². The minimum absolute atomic E-state index is 0. The fraction of sp³-hybridized carbons (Fsp3) is 0.278. The molecule has 2 aromatic heterocycles. The molecule has 0 unspecified atom stereocenters. The standard InChI is InChI=1S/C18H19N5O2.ClH/c19-18(24)13-2-3-14(21-11-5-8-20-9-6-11)12-1-4-15(22-17(12)13)16-7-10-25-23-16;/h1-4,7,10-11,20-21H,5-6,8-9H2,(H2,19,24);1H. The van der Waals surface area contributed by atoms with Gasteiger partial charge in [0.25, 0.3) is 5.91 Å². The first kappa shape index (κ1) is 18.2. The van der Waals surface area contributed by atoms with Gasteiger partial charge in [0, 0.05) is 23.2 Å². The minimum Gasteiger partial charge on any atom is -0.382 e. The van der Waals surface area contributed by atoms with E-state index >= 15 is 0 Å². The van der Waals surface area contributed by atoms with Gasteiger partial charge in [0.15, 0.2) is 0 Å². The van der Waals surface area contributed by atoms with Gasteiger partial charge in [-0.25, -0.2) is 4.98 Å². The molecule has 1 aromatic carbocycles. The van der Waals surface area contributed by atoms with Crippen LogP contribution in [0.15, 0.2) is 41.1 Å². The molecule has 1 fully saturated rings. The number of nitrogens with two attached hydrogens (primary N) is 1. The van der Waals surface area contributed by atoms with E-state index in [2.05, 4.69) is 20.8 Å². The van der Waals surface area contributed by atoms with Crippen molar-refractivity contribution in [1.82, 2.24) is 15.5 Å². The number of fused-ring (bicyclic) bond motifs is 1. The number of carbonyl (C=O) groups is 1. The van der Waals surface area contributed by atoms with E-state index in [0.29, 0.717) is 28.5 Å². The Morgan fingerprint density at radius 2 is 1.96 bits per heavy atom. The van der Waals surface area contributed by atoms with Gasteiger partial charge >= 0.3 is 0 Å². The number of hydrogen-bond donors (Lipinski definition) is 3. The van der Waals surface area contributed by atoms with Gasteiger partial charge in [-0.05, 0) is 50.2 Å². The quantitative estimate of drug-likeness (QED) is 0.649. The highest BCUT2D eigenvalue weighted by Gasteiger charge is 2.17. The Kier molecular flexibility index (Phi) is 5.39. The molecule has 1 saturated heterocycles. The highest BCUT2D eigenvalue weighted by atomic mass is 35.5. The van der Waals surface area contributed by atoms with E-state index < -0.39 is 5.91 Å². The summed E-state index contributed by atoms with van der Waals surface area (Å²) in [4.78, 5) is 16.5. The maximum atomic E-state index is 11.8. The van der Waals surface area contributed by atoms with E-state index in [0.717, 1.165) is 37.0 Å². The van der Waals surface area contributed by atoms with Crippen LogP contribution in [0.2, 0.25) is 0 Å². The molecule has 136 valence electrons. The van der Waals surface area contributed by atoms with Crippen molar-refractivity contribution >= 4 is 34.9 Å². The van der Waals surface area contributed by atoms with Gasteiger partial charge in [0.2, 0.25) is 0 Å². The van der Waals surface area contributed by atoms with E-state index in [9.17, 15) is 4.79 Å². The first-order chi connectivity index (χ1) is 12.2. The van der Waals surface area contributed by atoms with Crippen LogP contribution in [0.1, 0.15) is 23.2 Å². The molecule has 1 aliphatic rings. The summed E-state index contributed by atoms with van der Waals surface area (Å²) in [5.41, 5.74) is 8.74. The Bertz CT molecular complexity index is 907. The van der Waals surface area contributed by atoms with Crippen molar-refractivity contribution < 1.29 is 9.32 Å². The molecule has 8 heteroatoms. The monoisotopic (exact) mass is 373 g/mol. The molecule has 0 spiro atoms. The van der Waals surface area contributed by atoms with Crippen LogP contribution in [-0.2, 0) is 0 Å². The molecular weight excluding hydrogens is 354 g/mol. The number of nitrogens with one attached hydrogen (secondary N) is 2. The van der Waals surface area contributed by atoms with E-state index in [1.54, 1.807) is 12.1 Å². The van der Waals surface area contributed by atoms with Crippen molar-refractivity contribution in [3.05, 3.63) is 42.2 Å². The Morgan fingerprint density at radius 1 is 1.15 bits per heavy atom. The highest BCUT2D eigenvalue weighted by Crippen LogP contribution is 2.29. The largest absolute Gasteiger partial charge is 0.382 e. The SMILES string of the molecule is Cl.NC(=O)c1ccc(NC2CCNCC2)c2ccc(-c3ccon3)nc12. The normalized spacial score (nSPS) is 14.8. The second-order valence-corrected chi connectivity index (χ2v) is 6.17. The van der Waals surface area contributed by atoms with Crippen LogP contribution in [0.3, 0.4) is 0 Å². The van der Waals surface area contributed by atoms with Gasteiger partial charge < -0.3 is 20.9 Å². The molecule has 3 aromatic rings. The average molecular weight is 374 g/mol. The molecule has 1 amide bonds. The number of primary amides is 1. The number of hydrogen-bond acceptors (Lipinski definition) is 6. The van der Waals surface area contributed by atoms with Gasteiger partial charge in [0.1, 0.15) is 12.0 Å². The number of amides is 1. The smallest absolute Gasteiger partial charge is 0.250 e. The van der Waals surface area contributed by atoms with Crippen molar-refractivity contribution in [2.45, 2.75) is 18.9 Å². The number of piperidine rings is 1. The number of rotatable bonds is 4. The van der Waals surface area contributed by atoms with Crippen molar-refractivity contribution in [2.24, 2.45) is 5.73 Å². The van der Waals surface area contributed by atoms with Crippen molar-refractivity contribution in [3.8, 4) is 11.4 Å². The molecule has 1 aliphatic heterocycles. The molecular formula is C18H20ClN5O2. The third-order valence-electron chi connectivity index (χ3n) is 4.52. The zero-order valence-electron chi connectivity index (χ0n) is 14.1. The molecule has 0 atom stereocenters. The fourth-order valence-electron chi connectivity index (χ4n) is 3.22. The van der Waals surface area contributed by atoms with Crippen LogP contribution in [0.25, 0.3) is 22.3 Å². The Balaban J connectivity index is 0.00000196. The maximum Gasteiger partial charge on any atom is 0.250 e. The third-order valence-corrected chi connectivity index (χ3v) is 4.52. The summed E-state index contributed by atoms with van der Waals surface area (Å²) < 4.78 is 4.88. The predicted octanol–water partition coefficient (Wildman–Crippen LogP) is 2.57. The van der Waals surface area contributed by atoms with Crippen LogP contribution < -0.4 is 16.4 Å². The number of anilines is 1. The van der Waals surface area contributed by atoms with Crippen molar-refractivity contribution in [3.63, 3.8) is 0 Å². The molecule has 7 nitrogen and oxygen atoms in total. The average Bonchev–Trinajstić information content (AvgIpc) is 3.17. The number of nitrogens with zero attached hydrogens (tertiary/aromatic N) is 2. The second kappa shape index (κ2) is 7.72. The molecule has 4 rings (SSSR count). The summed E-state index contributed by atoms with van der Waals surface area (Å²) in [6, 6.07) is 9.59. The molecule has 0 bridgehead atoms. The lowest BCUT2D eigenvalue weighted by Crippen LogP contribution is -2.35. The van der Waals surface area contributed by atoms with Crippen molar-refractivity contribution in [2.75, 3.05) is 18.4 Å². The highest BCUT2D eigenvalue weighted by molar-refractivity contribution is 6.08. The number of carbonyl (C=O) groups excluding carboxylic acids is 1. The van der Waals surface area contributed by atoms with Crippen LogP contribution in [0.4, 0.5) is 5.69 Å². The molecule has 3 heterocycles. The predicted molar refractivity (Wildman–Crippen MR) is 103 cm³/mol. The van der Waals surface area contributed by atoms with E-state index in [4.69, 9.17) is 10.3 Å². The third kappa shape index (κ3) is 3.49.